The van der Waals surface area contributed by atoms with Gasteiger partial charge in [-0.25, -0.2) is 0 Å². The summed E-state index contributed by atoms with van der Waals surface area (Å²) in [5, 5.41) is 2.82. The van der Waals surface area contributed by atoms with Gasteiger partial charge in [0.1, 0.15) is 0 Å². The van der Waals surface area contributed by atoms with Gasteiger partial charge in [-0.15, -0.1) is 0 Å². The third-order valence-corrected chi connectivity index (χ3v) is 2.76. The molecule has 0 aliphatic carbocycles. The summed E-state index contributed by atoms with van der Waals surface area (Å²) in [5.41, 5.74) is 12.2. The molecule has 0 heterocycles. The summed E-state index contributed by atoms with van der Waals surface area (Å²) in [7, 11) is 0. The lowest BCUT2D eigenvalue weighted by Crippen LogP contribution is -2.24. The van der Waals surface area contributed by atoms with Crippen LogP contribution in [-0.2, 0) is 11.2 Å². The first-order valence-electron chi connectivity index (χ1n) is 6.49. The summed E-state index contributed by atoms with van der Waals surface area (Å²) >= 11 is 0. The van der Waals surface area contributed by atoms with Crippen LogP contribution in [0.1, 0.15) is 35.2 Å². The van der Waals surface area contributed by atoms with Crippen LogP contribution >= 0.6 is 0 Å². The third kappa shape index (κ3) is 6.01. The fourth-order valence-electron chi connectivity index (χ4n) is 1.76. The number of nitrogens with two attached hydrogens (primary N) is 2. The lowest BCUT2D eigenvalue weighted by atomic mass is 10.1. The van der Waals surface area contributed by atoms with Gasteiger partial charge in [0.2, 0.25) is 5.91 Å². The molecule has 104 valence electrons. The molecule has 19 heavy (non-hydrogen) atoms. The van der Waals surface area contributed by atoms with Crippen LogP contribution in [0.4, 0.5) is 0 Å². The number of amides is 2. The molecule has 5 heteroatoms. The number of carbonyl (C=O) groups is 2. The second-order valence-electron chi connectivity index (χ2n) is 4.42. The Labute approximate surface area is 113 Å². The molecule has 1 aromatic rings. The molecule has 0 atom stereocenters. The number of unbranched alkanes of at least 4 members (excludes halogenated alkanes) is 1. The lowest BCUT2D eigenvalue weighted by molar-refractivity contribution is -0.118. The van der Waals surface area contributed by atoms with Gasteiger partial charge in [0.25, 0.3) is 5.91 Å². The Hall–Kier alpha value is -1.88. The molecule has 0 bridgehead atoms. The first-order valence-corrected chi connectivity index (χ1v) is 6.49. The average Bonchev–Trinajstić information content (AvgIpc) is 2.38. The summed E-state index contributed by atoms with van der Waals surface area (Å²) in [5.74, 6) is -0.404. The van der Waals surface area contributed by atoms with Crippen molar-refractivity contribution in [2.75, 3.05) is 13.1 Å². The molecule has 0 saturated carbocycles. The Bertz CT molecular complexity index is 432. The standard InChI is InChI=1S/C14H21N3O2/c15-8-7-11-4-3-5-12(10-11)14(19)17-9-2-1-6-13(16)18/h3-5,10H,1-2,6-9,15H2,(H2,16,18)(H,17,19). The van der Waals surface area contributed by atoms with Crippen LogP contribution in [0.2, 0.25) is 0 Å². The molecule has 0 saturated heterocycles. The highest BCUT2D eigenvalue weighted by Gasteiger charge is 2.05. The number of benzene rings is 1. The van der Waals surface area contributed by atoms with E-state index in [1.54, 1.807) is 6.07 Å². The fourth-order valence-corrected chi connectivity index (χ4v) is 1.76. The largest absolute Gasteiger partial charge is 0.370 e. The monoisotopic (exact) mass is 263 g/mol. The van der Waals surface area contributed by atoms with Gasteiger partial charge in [-0.1, -0.05) is 12.1 Å². The maximum Gasteiger partial charge on any atom is 0.251 e. The van der Waals surface area contributed by atoms with E-state index in [2.05, 4.69) is 5.32 Å². The zero-order chi connectivity index (χ0) is 14.1. The smallest absolute Gasteiger partial charge is 0.251 e. The van der Waals surface area contributed by atoms with Gasteiger partial charge in [0.15, 0.2) is 0 Å². The van der Waals surface area contributed by atoms with Crippen LogP contribution in [0.3, 0.4) is 0 Å². The van der Waals surface area contributed by atoms with Crippen molar-refractivity contribution in [1.82, 2.24) is 5.32 Å². The number of hydrogen-bond donors (Lipinski definition) is 3. The molecule has 1 aromatic carbocycles. The first kappa shape index (κ1) is 15.2. The first-order chi connectivity index (χ1) is 9.13. The molecular weight excluding hydrogens is 242 g/mol. The number of carbonyl (C=O) groups excluding carboxylic acids is 2. The van der Waals surface area contributed by atoms with Gasteiger partial charge in [-0.2, -0.15) is 0 Å². The van der Waals surface area contributed by atoms with Crippen molar-refractivity contribution < 1.29 is 9.59 Å². The Kier molecular flexibility index (Phi) is 6.60. The van der Waals surface area contributed by atoms with Crippen molar-refractivity contribution in [3.63, 3.8) is 0 Å². The molecule has 0 radical (unpaired) electrons. The predicted molar refractivity (Wildman–Crippen MR) is 74.6 cm³/mol. The van der Waals surface area contributed by atoms with E-state index in [-0.39, 0.29) is 11.8 Å². The summed E-state index contributed by atoms with van der Waals surface area (Å²) in [6, 6.07) is 7.44. The second kappa shape index (κ2) is 8.26. The SMILES string of the molecule is NCCc1cccc(C(=O)NCCCCC(N)=O)c1. The number of primary amides is 1. The van der Waals surface area contributed by atoms with E-state index in [1.165, 1.54) is 0 Å². The minimum atomic E-state index is -0.305. The van der Waals surface area contributed by atoms with Crippen molar-refractivity contribution in [1.29, 1.82) is 0 Å². The molecule has 0 aliphatic heterocycles. The van der Waals surface area contributed by atoms with Crippen LogP contribution in [0.25, 0.3) is 0 Å². The fraction of sp³-hybridized carbons (Fsp3) is 0.429. The summed E-state index contributed by atoms with van der Waals surface area (Å²) in [6.45, 7) is 1.12. The minimum Gasteiger partial charge on any atom is -0.370 e. The second-order valence-corrected chi connectivity index (χ2v) is 4.42. The number of hydrogen-bond acceptors (Lipinski definition) is 3. The van der Waals surface area contributed by atoms with Gasteiger partial charge in [0.05, 0.1) is 0 Å². The maximum atomic E-state index is 11.9. The van der Waals surface area contributed by atoms with Crippen molar-refractivity contribution >= 4 is 11.8 Å². The van der Waals surface area contributed by atoms with E-state index in [0.717, 1.165) is 18.4 Å². The van der Waals surface area contributed by atoms with E-state index < -0.39 is 0 Å². The lowest BCUT2D eigenvalue weighted by Gasteiger charge is -2.06. The zero-order valence-electron chi connectivity index (χ0n) is 11.0. The molecule has 0 aromatic heterocycles. The van der Waals surface area contributed by atoms with Gasteiger partial charge >= 0.3 is 0 Å². The van der Waals surface area contributed by atoms with Crippen molar-refractivity contribution in [3.8, 4) is 0 Å². The van der Waals surface area contributed by atoms with E-state index in [4.69, 9.17) is 11.5 Å². The molecule has 5 nitrogen and oxygen atoms in total. The molecule has 0 fully saturated rings. The highest BCUT2D eigenvalue weighted by Crippen LogP contribution is 2.05. The molecule has 0 aliphatic rings. The summed E-state index contributed by atoms with van der Waals surface area (Å²) < 4.78 is 0. The molecule has 0 unspecified atom stereocenters. The van der Waals surface area contributed by atoms with Gasteiger partial charge < -0.3 is 16.8 Å². The minimum absolute atomic E-state index is 0.0991. The average molecular weight is 263 g/mol. The normalized spacial score (nSPS) is 10.2. The summed E-state index contributed by atoms with van der Waals surface area (Å²) in [6.07, 6.45) is 2.57. The summed E-state index contributed by atoms with van der Waals surface area (Å²) in [4.78, 5) is 22.4. The Morgan fingerprint density at radius 1 is 1.21 bits per heavy atom. The Balaban J connectivity index is 2.36. The van der Waals surface area contributed by atoms with E-state index in [0.29, 0.717) is 31.5 Å². The Morgan fingerprint density at radius 2 is 2.00 bits per heavy atom. The molecule has 1 rings (SSSR count). The molecule has 5 N–H and O–H groups in total. The topological polar surface area (TPSA) is 98.2 Å². The van der Waals surface area contributed by atoms with Crippen molar-refractivity contribution in [2.45, 2.75) is 25.7 Å². The van der Waals surface area contributed by atoms with E-state index in [9.17, 15) is 9.59 Å². The number of rotatable bonds is 8. The van der Waals surface area contributed by atoms with E-state index in [1.807, 2.05) is 18.2 Å². The van der Waals surface area contributed by atoms with Crippen LogP contribution in [0.5, 0.6) is 0 Å². The molecular formula is C14H21N3O2. The van der Waals surface area contributed by atoms with Crippen LogP contribution in [-0.4, -0.2) is 24.9 Å². The van der Waals surface area contributed by atoms with Crippen molar-refractivity contribution in [2.24, 2.45) is 11.5 Å². The van der Waals surface area contributed by atoms with Crippen molar-refractivity contribution in [3.05, 3.63) is 35.4 Å². The predicted octanol–water partition coefficient (Wildman–Crippen LogP) is 0.573. The quantitative estimate of drug-likeness (QED) is 0.598. The van der Waals surface area contributed by atoms with Gasteiger partial charge in [-0.05, 0) is 43.5 Å². The van der Waals surface area contributed by atoms with Crippen LogP contribution in [0, 0.1) is 0 Å². The van der Waals surface area contributed by atoms with Gasteiger partial charge in [-0.3, -0.25) is 9.59 Å². The highest BCUT2D eigenvalue weighted by atomic mass is 16.2. The Morgan fingerprint density at radius 3 is 2.68 bits per heavy atom. The van der Waals surface area contributed by atoms with E-state index >= 15 is 0 Å². The van der Waals surface area contributed by atoms with Crippen LogP contribution in [0.15, 0.2) is 24.3 Å². The van der Waals surface area contributed by atoms with Crippen LogP contribution < -0.4 is 16.8 Å². The van der Waals surface area contributed by atoms with Gasteiger partial charge in [0, 0.05) is 18.5 Å². The zero-order valence-corrected chi connectivity index (χ0v) is 11.0. The maximum absolute atomic E-state index is 11.9. The molecule has 0 spiro atoms. The number of nitrogens with one attached hydrogen (secondary N) is 1. The third-order valence-electron chi connectivity index (χ3n) is 2.76. The molecule has 2 amide bonds. The highest BCUT2D eigenvalue weighted by molar-refractivity contribution is 5.94.